The van der Waals surface area contributed by atoms with Gasteiger partial charge in [-0.25, -0.2) is 0 Å². The van der Waals surface area contributed by atoms with Crippen LogP contribution in [-0.4, -0.2) is 44.1 Å². The number of piperazine rings is 1. The van der Waals surface area contributed by atoms with Gasteiger partial charge in [-0.05, 0) is 35.4 Å². The first kappa shape index (κ1) is 19.1. The van der Waals surface area contributed by atoms with Crippen LogP contribution in [0.1, 0.15) is 17.0 Å². The lowest BCUT2D eigenvalue weighted by Crippen LogP contribution is -2.50. The molecule has 0 saturated carbocycles. The van der Waals surface area contributed by atoms with Gasteiger partial charge in [0.1, 0.15) is 5.75 Å². The molecule has 0 unspecified atom stereocenters. The van der Waals surface area contributed by atoms with Crippen LogP contribution in [-0.2, 0) is 4.79 Å². The van der Waals surface area contributed by atoms with Crippen molar-refractivity contribution in [3.63, 3.8) is 0 Å². The Kier molecular flexibility index (Phi) is 5.80. The summed E-state index contributed by atoms with van der Waals surface area (Å²) < 4.78 is 5.24. The Bertz CT molecular complexity index is 879. The van der Waals surface area contributed by atoms with Gasteiger partial charge in [-0.2, -0.15) is 0 Å². The molecule has 3 aromatic carbocycles. The topological polar surface area (TPSA) is 32.8 Å². The van der Waals surface area contributed by atoms with Crippen molar-refractivity contribution in [1.29, 1.82) is 0 Å². The van der Waals surface area contributed by atoms with Crippen LogP contribution in [0.3, 0.4) is 0 Å². The first-order valence-electron chi connectivity index (χ1n) is 10.0. The number of rotatable bonds is 5. The lowest BCUT2D eigenvalue weighted by atomic mass is 9.90. The minimum atomic E-state index is -0.259. The maximum Gasteiger partial charge on any atom is 0.234 e. The van der Waals surface area contributed by atoms with E-state index >= 15 is 0 Å². The number of ether oxygens (including phenoxy) is 1. The molecule has 1 aliphatic rings. The molecule has 0 bridgehead atoms. The van der Waals surface area contributed by atoms with Gasteiger partial charge < -0.3 is 14.5 Å². The Morgan fingerprint density at radius 3 is 1.76 bits per heavy atom. The Balaban J connectivity index is 1.49. The third-order valence-electron chi connectivity index (χ3n) is 5.54. The molecule has 1 aliphatic heterocycles. The second kappa shape index (κ2) is 8.82. The van der Waals surface area contributed by atoms with Gasteiger partial charge >= 0.3 is 0 Å². The van der Waals surface area contributed by atoms with Crippen LogP contribution in [0.15, 0.2) is 84.9 Å². The van der Waals surface area contributed by atoms with Gasteiger partial charge in [0.15, 0.2) is 0 Å². The molecule has 1 heterocycles. The normalized spacial score (nSPS) is 14.1. The summed E-state index contributed by atoms with van der Waals surface area (Å²) in [6, 6.07) is 28.3. The average Bonchev–Trinajstić information content (AvgIpc) is 2.81. The van der Waals surface area contributed by atoms with Gasteiger partial charge in [0, 0.05) is 31.9 Å². The fraction of sp³-hybridized carbons (Fsp3) is 0.240. The van der Waals surface area contributed by atoms with E-state index in [1.165, 1.54) is 5.69 Å². The van der Waals surface area contributed by atoms with Gasteiger partial charge in [-0.3, -0.25) is 4.79 Å². The fourth-order valence-electron chi connectivity index (χ4n) is 3.93. The standard InChI is InChI=1S/C25H26N2O2/c1-29-23-14-12-22(13-15-23)26-16-18-27(19-17-26)25(28)24(20-8-4-2-5-9-20)21-10-6-3-7-11-21/h2-15,24H,16-19H2,1H3. The van der Waals surface area contributed by atoms with Crippen molar-refractivity contribution in [1.82, 2.24) is 4.90 Å². The summed E-state index contributed by atoms with van der Waals surface area (Å²) in [5, 5.41) is 0. The molecule has 0 N–H and O–H groups in total. The molecule has 1 saturated heterocycles. The van der Waals surface area contributed by atoms with Crippen LogP contribution >= 0.6 is 0 Å². The zero-order valence-electron chi connectivity index (χ0n) is 16.7. The average molecular weight is 386 g/mol. The number of carbonyl (C=O) groups is 1. The van der Waals surface area contributed by atoms with Crippen molar-refractivity contribution in [2.24, 2.45) is 0 Å². The summed E-state index contributed by atoms with van der Waals surface area (Å²) >= 11 is 0. The highest BCUT2D eigenvalue weighted by atomic mass is 16.5. The van der Waals surface area contributed by atoms with E-state index in [4.69, 9.17) is 4.74 Å². The molecule has 148 valence electrons. The number of carbonyl (C=O) groups excluding carboxylic acids is 1. The molecule has 4 rings (SSSR count). The predicted molar refractivity (Wildman–Crippen MR) is 117 cm³/mol. The smallest absolute Gasteiger partial charge is 0.234 e. The van der Waals surface area contributed by atoms with E-state index < -0.39 is 0 Å². The molecule has 1 amide bonds. The number of hydrogen-bond acceptors (Lipinski definition) is 3. The molecule has 0 radical (unpaired) electrons. The highest BCUT2D eigenvalue weighted by Gasteiger charge is 2.29. The van der Waals surface area contributed by atoms with E-state index in [-0.39, 0.29) is 11.8 Å². The zero-order valence-corrected chi connectivity index (χ0v) is 16.7. The van der Waals surface area contributed by atoms with E-state index in [0.717, 1.165) is 43.1 Å². The van der Waals surface area contributed by atoms with Crippen molar-refractivity contribution in [2.75, 3.05) is 38.2 Å². The van der Waals surface area contributed by atoms with E-state index in [1.54, 1.807) is 7.11 Å². The molecule has 0 aliphatic carbocycles. The molecule has 3 aromatic rings. The first-order chi connectivity index (χ1) is 14.3. The van der Waals surface area contributed by atoms with Crippen LogP contribution < -0.4 is 9.64 Å². The van der Waals surface area contributed by atoms with Crippen molar-refractivity contribution in [3.8, 4) is 5.75 Å². The molecule has 0 atom stereocenters. The molecular formula is C25H26N2O2. The Labute approximate surface area is 172 Å². The third-order valence-corrected chi connectivity index (χ3v) is 5.54. The quantitative estimate of drug-likeness (QED) is 0.660. The largest absolute Gasteiger partial charge is 0.497 e. The Hall–Kier alpha value is -3.27. The number of anilines is 1. The second-order valence-corrected chi connectivity index (χ2v) is 7.26. The monoisotopic (exact) mass is 386 g/mol. The molecule has 0 aromatic heterocycles. The third kappa shape index (κ3) is 4.27. The highest BCUT2D eigenvalue weighted by molar-refractivity contribution is 5.87. The zero-order chi connectivity index (χ0) is 20.1. The summed E-state index contributed by atoms with van der Waals surface area (Å²) in [5.74, 6) is 0.776. The number of amides is 1. The van der Waals surface area contributed by atoms with Crippen LogP contribution in [0.4, 0.5) is 5.69 Å². The minimum absolute atomic E-state index is 0.178. The SMILES string of the molecule is COc1ccc(N2CCN(C(=O)C(c3ccccc3)c3ccccc3)CC2)cc1. The van der Waals surface area contributed by atoms with E-state index in [2.05, 4.69) is 17.0 Å². The maximum atomic E-state index is 13.5. The number of benzene rings is 3. The summed E-state index contributed by atoms with van der Waals surface area (Å²) in [6.07, 6.45) is 0. The van der Waals surface area contributed by atoms with E-state index in [1.807, 2.05) is 77.7 Å². The molecule has 29 heavy (non-hydrogen) atoms. The lowest BCUT2D eigenvalue weighted by molar-refractivity contribution is -0.132. The molecule has 0 spiro atoms. The van der Waals surface area contributed by atoms with Crippen LogP contribution in [0.2, 0.25) is 0 Å². The predicted octanol–water partition coefficient (Wildman–Crippen LogP) is 4.18. The van der Waals surface area contributed by atoms with Gasteiger partial charge in [0.2, 0.25) is 5.91 Å². The van der Waals surface area contributed by atoms with Crippen LogP contribution in [0.25, 0.3) is 0 Å². The molecular weight excluding hydrogens is 360 g/mol. The first-order valence-corrected chi connectivity index (χ1v) is 10.0. The number of hydrogen-bond donors (Lipinski definition) is 0. The lowest BCUT2D eigenvalue weighted by Gasteiger charge is -2.37. The van der Waals surface area contributed by atoms with Crippen molar-refractivity contribution >= 4 is 11.6 Å². The molecule has 1 fully saturated rings. The van der Waals surface area contributed by atoms with Gasteiger partial charge in [-0.1, -0.05) is 60.7 Å². The fourth-order valence-corrected chi connectivity index (χ4v) is 3.93. The summed E-state index contributed by atoms with van der Waals surface area (Å²) in [6.45, 7) is 3.10. The second-order valence-electron chi connectivity index (χ2n) is 7.26. The summed E-state index contributed by atoms with van der Waals surface area (Å²) in [5.41, 5.74) is 3.25. The highest BCUT2D eigenvalue weighted by Crippen LogP contribution is 2.28. The summed E-state index contributed by atoms with van der Waals surface area (Å²) in [7, 11) is 1.68. The number of nitrogens with zero attached hydrogens (tertiary/aromatic N) is 2. The molecule has 4 nitrogen and oxygen atoms in total. The summed E-state index contributed by atoms with van der Waals surface area (Å²) in [4.78, 5) is 17.8. The minimum Gasteiger partial charge on any atom is -0.497 e. The van der Waals surface area contributed by atoms with Crippen LogP contribution in [0, 0.1) is 0 Å². The van der Waals surface area contributed by atoms with Crippen LogP contribution in [0.5, 0.6) is 5.75 Å². The van der Waals surface area contributed by atoms with Gasteiger partial charge in [-0.15, -0.1) is 0 Å². The maximum absolute atomic E-state index is 13.5. The number of methoxy groups -OCH3 is 1. The van der Waals surface area contributed by atoms with E-state index in [9.17, 15) is 4.79 Å². The van der Waals surface area contributed by atoms with E-state index in [0.29, 0.717) is 0 Å². The Morgan fingerprint density at radius 1 is 0.759 bits per heavy atom. The van der Waals surface area contributed by atoms with Crippen molar-refractivity contribution in [3.05, 3.63) is 96.1 Å². The van der Waals surface area contributed by atoms with Gasteiger partial charge in [0.25, 0.3) is 0 Å². The molecule has 4 heteroatoms. The van der Waals surface area contributed by atoms with Crippen molar-refractivity contribution < 1.29 is 9.53 Å². The Morgan fingerprint density at radius 2 is 1.28 bits per heavy atom. The van der Waals surface area contributed by atoms with Gasteiger partial charge in [0.05, 0.1) is 13.0 Å². The van der Waals surface area contributed by atoms with Crippen molar-refractivity contribution in [2.45, 2.75) is 5.92 Å².